The zero-order chi connectivity index (χ0) is 15.0. The van der Waals surface area contributed by atoms with Gasteiger partial charge in [0, 0.05) is 18.9 Å². The number of aromatic nitrogens is 2. The number of hydrogen-bond acceptors (Lipinski definition) is 3. The number of hydrogen-bond donors (Lipinski definition) is 2. The number of nitrogens with two attached hydrogens (primary N) is 1. The van der Waals surface area contributed by atoms with Crippen LogP contribution in [0.15, 0.2) is 24.4 Å². The Hall–Kier alpha value is -2.30. The third-order valence-electron chi connectivity index (χ3n) is 4.03. The highest BCUT2D eigenvalue weighted by molar-refractivity contribution is 5.95. The molecule has 1 atom stereocenters. The number of nitrogens with zero attached hydrogens (tertiary/aromatic N) is 2. The van der Waals surface area contributed by atoms with E-state index in [0.29, 0.717) is 5.56 Å². The zero-order valence-corrected chi connectivity index (χ0v) is 12.4. The first-order valence-electron chi connectivity index (χ1n) is 7.30. The number of aryl methyl sites for hydroxylation is 3. The summed E-state index contributed by atoms with van der Waals surface area (Å²) in [5.41, 5.74) is 10.5. The Morgan fingerprint density at radius 1 is 1.52 bits per heavy atom. The molecule has 0 saturated carbocycles. The van der Waals surface area contributed by atoms with Crippen molar-refractivity contribution in [2.45, 2.75) is 32.2 Å². The number of carbonyl (C=O) groups excluding carboxylic acids is 1. The van der Waals surface area contributed by atoms with Crippen molar-refractivity contribution in [1.82, 2.24) is 15.1 Å². The van der Waals surface area contributed by atoms with Gasteiger partial charge in [0.1, 0.15) is 0 Å². The molecule has 1 aromatic carbocycles. The Balaban J connectivity index is 1.81. The molecule has 110 valence electrons. The van der Waals surface area contributed by atoms with Crippen LogP contribution in [0.3, 0.4) is 0 Å². The van der Waals surface area contributed by atoms with Crippen LogP contribution in [0.1, 0.15) is 46.6 Å². The molecular weight excluding hydrogens is 264 g/mol. The van der Waals surface area contributed by atoms with E-state index in [0.717, 1.165) is 30.6 Å². The number of nitrogen functional groups attached to an aromatic ring is 1. The van der Waals surface area contributed by atoms with Crippen LogP contribution in [0.4, 0.5) is 5.69 Å². The summed E-state index contributed by atoms with van der Waals surface area (Å²) in [6.07, 6.45) is 4.42. The minimum absolute atomic E-state index is 0.0466. The molecule has 2 aromatic rings. The van der Waals surface area contributed by atoms with Gasteiger partial charge in [-0.05, 0) is 42.5 Å². The third kappa shape index (κ3) is 2.51. The summed E-state index contributed by atoms with van der Waals surface area (Å²) in [4.78, 5) is 12.5. The van der Waals surface area contributed by atoms with Gasteiger partial charge in [-0.25, -0.2) is 0 Å². The average Bonchev–Trinajstić information content (AvgIpc) is 3.02. The SMILES string of the molecule is CCc1nn(C)cc1C(=O)NC1CCc2cc(N)ccc21. The summed E-state index contributed by atoms with van der Waals surface area (Å²) in [7, 11) is 1.84. The molecule has 0 fully saturated rings. The van der Waals surface area contributed by atoms with Gasteiger partial charge in [-0.1, -0.05) is 13.0 Å². The lowest BCUT2D eigenvalue weighted by Crippen LogP contribution is -2.27. The topological polar surface area (TPSA) is 72.9 Å². The van der Waals surface area contributed by atoms with Crippen LogP contribution in [-0.2, 0) is 19.9 Å². The molecule has 0 radical (unpaired) electrons. The maximum Gasteiger partial charge on any atom is 0.255 e. The van der Waals surface area contributed by atoms with Crippen molar-refractivity contribution in [3.8, 4) is 0 Å². The first kappa shape index (κ1) is 13.7. The van der Waals surface area contributed by atoms with Crippen LogP contribution in [-0.4, -0.2) is 15.7 Å². The fourth-order valence-electron chi connectivity index (χ4n) is 3.01. The summed E-state index contributed by atoms with van der Waals surface area (Å²) in [6, 6.07) is 5.98. The van der Waals surface area contributed by atoms with Crippen LogP contribution in [0, 0.1) is 0 Å². The first-order chi connectivity index (χ1) is 10.1. The fourth-order valence-corrected chi connectivity index (χ4v) is 3.01. The summed E-state index contributed by atoms with van der Waals surface area (Å²) >= 11 is 0. The Morgan fingerprint density at radius 3 is 3.10 bits per heavy atom. The predicted octanol–water partition coefficient (Wildman–Crippen LogP) is 1.98. The van der Waals surface area contributed by atoms with E-state index in [1.165, 1.54) is 11.1 Å². The van der Waals surface area contributed by atoms with Crippen molar-refractivity contribution in [3.63, 3.8) is 0 Å². The summed E-state index contributed by atoms with van der Waals surface area (Å²) in [5, 5.41) is 7.45. The van der Waals surface area contributed by atoms with Gasteiger partial charge in [0.25, 0.3) is 5.91 Å². The second-order valence-electron chi connectivity index (χ2n) is 5.54. The second kappa shape index (κ2) is 5.24. The Morgan fingerprint density at radius 2 is 2.33 bits per heavy atom. The van der Waals surface area contributed by atoms with Gasteiger partial charge in [0.05, 0.1) is 17.3 Å². The van der Waals surface area contributed by atoms with E-state index in [-0.39, 0.29) is 11.9 Å². The number of benzene rings is 1. The number of fused-ring (bicyclic) bond motifs is 1. The number of nitrogens with one attached hydrogen (secondary N) is 1. The molecule has 5 nitrogen and oxygen atoms in total. The maximum absolute atomic E-state index is 12.5. The molecule has 1 unspecified atom stereocenters. The van der Waals surface area contributed by atoms with Gasteiger partial charge < -0.3 is 11.1 Å². The molecule has 3 N–H and O–H groups in total. The molecule has 0 spiro atoms. The van der Waals surface area contributed by atoms with E-state index in [2.05, 4.69) is 10.4 Å². The minimum Gasteiger partial charge on any atom is -0.399 e. The van der Waals surface area contributed by atoms with Crippen LogP contribution in [0.25, 0.3) is 0 Å². The second-order valence-corrected chi connectivity index (χ2v) is 5.54. The van der Waals surface area contributed by atoms with E-state index in [1.807, 2.05) is 32.2 Å². The number of rotatable bonds is 3. The van der Waals surface area contributed by atoms with E-state index in [1.54, 1.807) is 10.9 Å². The molecule has 0 bridgehead atoms. The summed E-state index contributed by atoms with van der Waals surface area (Å²) in [6.45, 7) is 2.01. The standard InChI is InChI=1S/C16H20N4O/c1-3-14-13(9-20(2)19-14)16(21)18-15-7-4-10-8-11(17)5-6-12(10)15/h5-6,8-9,15H,3-4,7,17H2,1-2H3,(H,18,21). The van der Waals surface area contributed by atoms with Gasteiger partial charge >= 0.3 is 0 Å². The largest absolute Gasteiger partial charge is 0.399 e. The van der Waals surface area contributed by atoms with E-state index >= 15 is 0 Å². The zero-order valence-electron chi connectivity index (χ0n) is 12.4. The molecule has 0 saturated heterocycles. The monoisotopic (exact) mass is 284 g/mol. The molecule has 1 amide bonds. The van der Waals surface area contributed by atoms with Crippen LogP contribution in [0.2, 0.25) is 0 Å². The number of amides is 1. The smallest absolute Gasteiger partial charge is 0.255 e. The van der Waals surface area contributed by atoms with Gasteiger partial charge in [0.2, 0.25) is 0 Å². The predicted molar refractivity (Wildman–Crippen MR) is 82.0 cm³/mol. The van der Waals surface area contributed by atoms with Gasteiger partial charge in [-0.2, -0.15) is 5.10 Å². The maximum atomic E-state index is 12.5. The van der Waals surface area contributed by atoms with E-state index in [9.17, 15) is 4.79 Å². The highest BCUT2D eigenvalue weighted by Gasteiger charge is 2.25. The van der Waals surface area contributed by atoms with Gasteiger partial charge in [-0.15, -0.1) is 0 Å². The van der Waals surface area contributed by atoms with E-state index < -0.39 is 0 Å². The Bertz CT molecular complexity index is 690. The lowest BCUT2D eigenvalue weighted by molar-refractivity contribution is 0.0936. The van der Waals surface area contributed by atoms with Gasteiger partial charge in [-0.3, -0.25) is 9.48 Å². The molecule has 3 rings (SSSR count). The summed E-state index contributed by atoms with van der Waals surface area (Å²) in [5.74, 6) is -0.0466. The Kier molecular flexibility index (Phi) is 3.41. The molecule has 0 aliphatic heterocycles. The van der Waals surface area contributed by atoms with Crippen molar-refractivity contribution in [3.05, 3.63) is 46.8 Å². The Labute approximate surface area is 124 Å². The van der Waals surface area contributed by atoms with Crippen LogP contribution >= 0.6 is 0 Å². The fraction of sp³-hybridized carbons (Fsp3) is 0.375. The van der Waals surface area contributed by atoms with Crippen molar-refractivity contribution in [1.29, 1.82) is 0 Å². The quantitative estimate of drug-likeness (QED) is 0.846. The molecule has 1 aromatic heterocycles. The van der Waals surface area contributed by atoms with E-state index in [4.69, 9.17) is 5.73 Å². The minimum atomic E-state index is -0.0466. The van der Waals surface area contributed by atoms with Gasteiger partial charge in [0.15, 0.2) is 0 Å². The summed E-state index contributed by atoms with van der Waals surface area (Å²) < 4.78 is 1.69. The highest BCUT2D eigenvalue weighted by atomic mass is 16.1. The van der Waals surface area contributed by atoms with Crippen LogP contribution in [0.5, 0.6) is 0 Å². The lowest BCUT2D eigenvalue weighted by Gasteiger charge is -2.14. The van der Waals surface area contributed by atoms with Crippen molar-refractivity contribution < 1.29 is 4.79 Å². The first-order valence-corrected chi connectivity index (χ1v) is 7.30. The average molecular weight is 284 g/mol. The third-order valence-corrected chi connectivity index (χ3v) is 4.03. The van der Waals surface area contributed by atoms with Crippen molar-refractivity contribution in [2.24, 2.45) is 7.05 Å². The molecule has 5 heteroatoms. The molecule has 1 aliphatic rings. The van der Waals surface area contributed by atoms with Crippen molar-refractivity contribution in [2.75, 3.05) is 5.73 Å². The number of carbonyl (C=O) groups is 1. The van der Waals surface area contributed by atoms with Crippen molar-refractivity contribution >= 4 is 11.6 Å². The van der Waals surface area contributed by atoms with Crippen LogP contribution < -0.4 is 11.1 Å². The normalized spacial score (nSPS) is 16.8. The molecular formula is C16H20N4O. The number of anilines is 1. The molecule has 1 heterocycles. The molecule has 21 heavy (non-hydrogen) atoms. The molecule has 1 aliphatic carbocycles. The lowest BCUT2D eigenvalue weighted by atomic mass is 10.1. The highest BCUT2D eigenvalue weighted by Crippen LogP contribution is 2.32.